The highest BCUT2D eigenvalue weighted by atomic mass is 19.1. The second-order valence-electron chi connectivity index (χ2n) is 8.77. The highest BCUT2D eigenvalue weighted by Gasteiger charge is 2.25. The number of imidazole rings is 1. The van der Waals surface area contributed by atoms with Gasteiger partial charge in [0.1, 0.15) is 23.0 Å². The largest absolute Gasteiger partial charge is 0.344 e. The van der Waals surface area contributed by atoms with Crippen LogP contribution >= 0.6 is 0 Å². The molecule has 0 aliphatic rings. The van der Waals surface area contributed by atoms with Crippen LogP contribution in [0.4, 0.5) is 4.39 Å². The molecule has 4 nitrogen and oxygen atoms in total. The van der Waals surface area contributed by atoms with Crippen LogP contribution in [0.5, 0.6) is 0 Å². The van der Waals surface area contributed by atoms with Gasteiger partial charge < -0.3 is 9.88 Å². The molecular weight excluding hydrogens is 425 g/mol. The topological polar surface area (TPSA) is 46.9 Å². The third-order valence-corrected chi connectivity index (χ3v) is 6.08. The second kappa shape index (κ2) is 10.0. The van der Waals surface area contributed by atoms with Crippen LogP contribution in [0.15, 0.2) is 78.9 Å². The molecule has 1 aromatic heterocycles. The molecule has 1 N–H and O–H groups in total. The molecule has 3 aromatic carbocycles. The maximum absolute atomic E-state index is 13.7. The molecule has 0 aliphatic carbocycles. The molecule has 4 rings (SSSR count). The number of benzene rings is 3. The molecule has 34 heavy (non-hydrogen) atoms. The summed E-state index contributed by atoms with van der Waals surface area (Å²) >= 11 is 0. The fraction of sp³-hybridized carbons (Fsp3) is 0.241. The zero-order valence-corrected chi connectivity index (χ0v) is 20.0. The Bertz CT molecular complexity index is 1280. The van der Waals surface area contributed by atoms with E-state index in [0.717, 1.165) is 22.5 Å². The van der Waals surface area contributed by atoms with Gasteiger partial charge in [-0.15, -0.1) is 0 Å². The van der Waals surface area contributed by atoms with Crippen LogP contribution in [-0.4, -0.2) is 15.5 Å². The van der Waals surface area contributed by atoms with Gasteiger partial charge in [-0.05, 0) is 49.1 Å². The van der Waals surface area contributed by atoms with Crippen LogP contribution in [0.2, 0.25) is 0 Å². The first-order valence-electron chi connectivity index (χ1n) is 11.7. The van der Waals surface area contributed by atoms with Gasteiger partial charge in [-0.3, -0.25) is 4.79 Å². The number of carbonyl (C=O) groups excluding carboxylic acids is 1. The van der Waals surface area contributed by atoms with Crippen LogP contribution in [0.1, 0.15) is 61.3 Å². The van der Waals surface area contributed by atoms with Crippen molar-refractivity contribution < 1.29 is 9.18 Å². The van der Waals surface area contributed by atoms with Gasteiger partial charge in [-0.2, -0.15) is 0 Å². The molecular formula is C29H30FN3O. The maximum atomic E-state index is 13.7. The Balaban J connectivity index is 1.82. The van der Waals surface area contributed by atoms with E-state index in [1.807, 2.05) is 60.9 Å². The van der Waals surface area contributed by atoms with Crippen molar-refractivity contribution in [2.45, 2.75) is 46.2 Å². The van der Waals surface area contributed by atoms with Crippen molar-refractivity contribution in [2.75, 3.05) is 0 Å². The first kappa shape index (κ1) is 23.4. The van der Waals surface area contributed by atoms with Gasteiger partial charge in [0, 0.05) is 17.7 Å². The summed E-state index contributed by atoms with van der Waals surface area (Å²) in [4.78, 5) is 18.7. The average Bonchev–Trinajstić information content (AvgIpc) is 3.25. The number of amides is 1. The minimum atomic E-state index is -0.300. The van der Waals surface area contributed by atoms with Crippen LogP contribution < -0.4 is 5.32 Å². The van der Waals surface area contributed by atoms with E-state index in [1.54, 1.807) is 12.1 Å². The number of hydrogen-bond acceptors (Lipinski definition) is 2. The Morgan fingerprint density at radius 3 is 2.24 bits per heavy atom. The van der Waals surface area contributed by atoms with Crippen molar-refractivity contribution in [2.24, 2.45) is 0 Å². The van der Waals surface area contributed by atoms with E-state index in [0.29, 0.717) is 23.9 Å². The van der Waals surface area contributed by atoms with Crippen molar-refractivity contribution >= 4 is 5.91 Å². The zero-order valence-electron chi connectivity index (χ0n) is 20.0. The summed E-state index contributed by atoms with van der Waals surface area (Å²) in [6, 6.07) is 24.1. The van der Waals surface area contributed by atoms with Gasteiger partial charge >= 0.3 is 0 Å². The molecule has 0 radical (unpaired) electrons. The van der Waals surface area contributed by atoms with Crippen molar-refractivity contribution in [3.63, 3.8) is 0 Å². The summed E-state index contributed by atoms with van der Waals surface area (Å²) in [5.41, 5.74) is 5.08. The van der Waals surface area contributed by atoms with Crippen molar-refractivity contribution in [1.29, 1.82) is 0 Å². The van der Waals surface area contributed by atoms with Crippen molar-refractivity contribution in [3.05, 3.63) is 102 Å². The first-order chi connectivity index (χ1) is 16.4. The Morgan fingerprint density at radius 1 is 0.912 bits per heavy atom. The molecule has 0 saturated heterocycles. The minimum Gasteiger partial charge on any atom is -0.344 e. The van der Waals surface area contributed by atoms with Crippen LogP contribution in [0, 0.1) is 5.82 Å². The fourth-order valence-corrected chi connectivity index (χ4v) is 4.14. The maximum Gasteiger partial charge on any atom is 0.270 e. The Kier molecular flexibility index (Phi) is 6.92. The predicted molar refractivity (Wildman–Crippen MR) is 135 cm³/mol. The highest BCUT2D eigenvalue weighted by molar-refractivity contribution is 5.99. The summed E-state index contributed by atoms with van der Waals surface area (Å²) in [6.07, 6.45) is 0. The lowest BCUT2D eigenvalue weighted by molar-refractivity contribution is 0.0931. The van der Waals surface area contributed by atoms with Crippen LogP contribution in [0.3, 0.4) is 0 Å². The highest BCUT2D eigenvalue weighted by Crippen LogP contribution is 2.31. The van der Waals surface area contributed by atoms with E-state index in [2.05, 4.69) is 31.3 Å². The van der Waals surface area contributed by atoms with E-state index < -0.39 is 0 Å². The summed E-state index contributed by atoms with van der Waals surface area (Å²) < 4.78 is 15.3. The predicted octanol–water partition coefficient (Wildman–Crippen LogP) is 6.99. The lowest BCUT2D eigenvalue weighted by Gasteiger charge is -2.17. The van der Waals surface area contributed by atoms with Gasteiger partial charge in [-0.1, -0.05) is 74.5 Å². The van der Waals surface area contributed by atoms with E-state index in [1.165, 1.54) is 17.7 Å². The van der Waals surface area contributed by atoms with Crippen LogP contribution in [0.25, 0.3) is 22.6 Å². The lowest BCUT2D eigenvalue weighted by atomic mass is 9.99. The third kappa shape index (κ3) is 4.79. The number of aromatic nitrogens is 2. The van der Waals surface area contributed by atoms with E-state index in [-0.39, 0.29) is 17.8 Å². The molecule has 4 aromatic rings. The normalized spacial score (nSPS) is 12.1. The Morgan fingerprint density at radius 2 is 1.59 bits per heavy atom. The second-order valence-corrected chi connectivity index (χ2v) is 8.77. The van der Waals surface area contributed by atoms with Crippen molar-refractivity contribution in [3.8, 4) is 22.6 Å². The standard InChI is InChI=1S/C29H30FN3O/c1-5-33-27(29(34)31-20(4)21-14-16-25(30)17-15-21)26(24-13-9-12-23(18-24)19(2)3)32-28(33)22-10-7-6-8-11-22/h6-20H,5H2,1-4H3,(H,31,34). The summed E-state index contributed by atoms with van der Waals surface area (Å²) in [5, 5.41) is 3.10. The quantitative estimate of drug-likeness (QED) is 0.326. The number of carbonyl (C=O) groups is 1. The molecule has 1 amide bonds. The molecule has 1 heterocycles. The lowest BCUT2D eigenvalue weighted by Crippen LogP contribution is -2.29. The zero-order chi connectivity index (χ0) is 24.2. The van der Waals surface area contributed by atoms with Crippen LogP contribution in [-0.2, 0) is 6.54 Å². The number of nitrogens with one attached hydrogen (secondary N) is 1. The van der Waals surface area contributed by atoms with Gasteiger partial charge in [0.2, 0.25) is 0 Å². The molecule has 0 bridgehead atoms. The van der Waals surface area contributed by atoms with Gasteiger partial charge in [-0.25, -0.2) is 9.37 Å². The van der Waals surface area contributed by atoms with Gasteiger partial charge in [0.15, 0.2) is 0 Å². The summed E-state index contributed by atoms with van der Waals surface area (Å²) in [5.74, 6) is 0.606. The monoisotopic (exact) mass is 455 g/mol. The SMILES string of the molecule is CCn1c(-c2ccccc2)nc(-c2cccc(C(C)C)c2)c1C(=O)NC(C)c1ccc(F)cc1. The summed E-state index contributed by atoms with van der Waals surface area (Å²) in [7, 11) is 0. The van der Waals surface area contributed by atoms with Crippen molar-refractivity contribution in [1.82, 2.24) is 14.9 Å². The molecule has 1 unspecified atom stereocenters. The Hall–Kier alpha value is -3.73. The molecule has 0 saturated carbocycles. The summed E-state index contributed by atoms with van der Waals surface area (Å²) in [6.45, 7) is 8.81. The molecule has 0 aliphatic heterocycles. The third-order valence-electron chi connectivity index (χ3n) is 6.08. The molecule has 1 atom stereocenters. The van der Waals surface area contributed by atoms with E-state index in [9.17, 15) is 9.18 Å². The molecule has 0 fully saturated rings. The number of rotatable bonds is 7. The van der Waals surface area contributed by atoms with E-state index in [4.69, 9.17) is 4.98 Å². The average molecular weight is 456 g/mol. The number of halogens is 1. The molecule has 5 heteroatoms. The molecule has 174 valence electrons. The molecule has 0 spiro atoms. The van der Waals surface area contributed by atoms with Gasteiger partial charge in [0.25, 0.3) is 5.91 Å². The number of nitrogens with zero attached hydrogens (tertiary/aromatic N) is 2. The first-order valence-corrected chi connectivity index (χ1v) is 11.7. The smallest absolute Gasteiger partial charge is 0.270 e. The minimum absolute atomic E-state index is 0.210. The van der Waals surface area contributed by atoms with E-state index >= 15 is 0 Å². The van der Waals surface area contributed by atoms with Gasteiger partial charge in [0.05, 0.1) is 6.04 Å². The fourth-order valence-electron chi connectivity index (χ4n) is 4.14. The Labute approximate surface area is 200 Å². The number of hydrogen-bond donors (Lipinski definition) is 1.